The Hall–Kier alpha value is 0.310. The summed E-state index contributed by atoms with van der Waals surface area (Å²) in [7, 11) is 0. The van der Waals surface area contributed by atoms with Gasteiger partial charge in [-0.1, -0.05) is 13.8 Å². The molecule has 0 radical (unpaired) electrons. The molecule has 1 unspecified atom stereocenters. The molecule has 13 heavy (non-hydrogen) atoms. The van der Waals surface area contributed by atoms with Crippen LogP contribution in [0.5, 0.6) is 0 Å². The maximum Gasteiger partial charge on any atom is 0.0456 e. The van der Waals surface area contributed by atoms with Gasteiger partial charge in [-0.15, -0.1) is 11.8 Å². The van der Waals surface area contributed by atoms with Gasteiger partial charge in [0, 0.05) is 22.7 Å². The van der Waals surface area contributed by atoms with E-state index >= 15 is 0 Å². The van der Waals surface area contributed by atoms with Crippen LogP contribution in [0.3, 0.4) is 0 Å². The highest BCUT2D eigenvalue weighted by molar-refractivity contribution is 8.00. The van der Waals surface area contributed by atoms with Crippen LogP contribution < -0.4 is 0 Å². The van der Waals surface area contributed by atoms with E-state index in [1.54, 1.807) is 0 Å². The quantitative estimate of drug-likeness (QED) is 0.675. The van der Waals surface area contributed by atoms with Crippen LogP contribution in [-0.2, 0) is 0 Å². The van der Waals surface area contributed by atoms with Gasteiger partial charge in [0.05, 0.1) is 0 Å². The van der Waals surface area contributed by atoms with Crippen molar-refractivity contribution < 1.29 is 0 Å². The van der Waals surface area contributed by atoms with E-state index in [1.165, 1.54) is 5.88 Å². The summed E-state index contributed by atoms with van der Waals surface area (Å²) in [6.07, 6.45) is 0. The molecule has 1 nitrogen and oxygen atoms in total. The summed E-state index contributed by atoms with van der Waals surface area (Å²) in [5, 5.41) is 0. The maximum absolute atomic E-state index is 2.63. The van der Waals surface area contributed by atoms with Crippen LogP contribution in [0.4, 0.5) is 0 Å². The Morgan fingerprint density at radius 2 is 1.77 bits per heavy atom. The van der Waals surface area contributed by atoms with Crippen molar-refractivity contribution in [2.24, 2.45) is 5.92 Å². The Bertz CT molecular complexity index is 175. The molecule has 1 saturated heterocycles. The molecule has 2 heteroatoms. The third-order valence-corrected chi connectivity index (χ3v) is 4.36. The molecule has 0 N–H and O–H groups in total. The number of nitrogens with zero attached hydrogens (tertiary/aromatic N) is 1. The Morgan fingerprint density at radius 1 is 1.23 bits per heavy atom. The van der Waals surface area contributed by atoms with Crippen molar-refractivity contribution in [2.75, 3.05) is 5.88 Å². The van der Waals surface area contributed by atoms with Crippen LogP contribution in [0.15, 0.2) is 0 Å². The van der Waals surface area contributed by atoms with E-state index in [4.69, 9.17) is 0 Å². The lowest BCUT2D eigenvalue weighted by atomic mass is 9.90. The monoisotopic (exact) mass is 201 g/mol. The van der Waals surface area contributed by atoms with Crippen molar-refractivity contribution >= 4 is 11.8 Å². The molecule has 1 fully saturated rings. The summed E-state index contributed by atoms with van der Waals surface area (Å²) in [4.78, 5) is 2.63. The van der Waals surface area contributed by atoms with Crippen LogP contribution in [0.25, 0.3) is 0 Å². The van der Waals surface area contributed by atoms with Gasteiger partial charge in [0.25, 0.3) is 0 Å². The number of rotatable bonds is 2. The molecule has 0 aliphatic carbocycles. The SMILES string of the molecule is CC(C)C1N(C(C)C)CSC1(C)C. The second-order valence-corrected chi connectivity index (χ2v) is 6.77. The van der Waals surface area contributed by atoms with Gasteiger partial charge in [0.2, 0.25) is 0 Å². The summed E-state index contributed by atoms with van der Waals surface area (Å²) >= 11 is 2.10. The van der Waals surface area contributed by atoms with Gasteiger partial charge in [0.15, 0.2) is 0 Å². The fourth-order valence-corrected chi connectivity index (χ4v) is 3.98. The molecule has 0 spiro atoms. The lowest BCUT2D eigenvalue weighted by molar-refractivity contribution is 0.137. The average molecular weight is 201 g/mol. The Morgan fingerprint density at radius 3 is 2.08 bits per heavy atom. The molecule has 1 rings (SSSR count). The molecule has 78 valence electrons. The van der Waals surface area contributed by atoms with Crippen molar-refractivity contribution in [3.63, 3.8) is 0 Å². The van der Waals surface area contributed by atoms with E-state index in [2.05, 4.69) is 58.2 Å². The first-order valence-corrected chi connectivity index (χ1v) is 6.24. The molecule has 0 aromatic carbocycles. The summed E-state index contributed by atoms with van der Waals surface area (Å²) < 4.78 is 0.429. The highest BCUT2D eigenvalue weighted by Crippen LogP contribution is 2.43. The summed E-state index contributed by atoms with van der Waals surface area (Å²) in [6, 6.07) is 1.42. The Balaban J connectivity index is 2.80. The molecule has 0 amide bonds. The second kappa shape index (κ2) is 3.82. The van der Waals surface area contributed by atoms with Crippen LogP contribution in [0.1, 0.15) is 41.5 Å². The Kier molecular flexibility index (Phi) is 3.34. The van der Waals surface area contributed by atoms with Crippen molar-refractivity contribution in [3.05, 3.63) is 0 Å². The smallest absolute Gasteiger partial charge is 0.0456 e. The number of thioether (sulfide) groups is 1. The van der Waals surface area contributed by atoms with Gasteiger partial charge in [0.1, 0.15) is 0 Å². The van der Waals surface area contributed by atoms with Gasteiger partial charge in [-0.2, -0.15) is 0 Å². The molecule has 1 heterocycles. The second-order valence-electron chi connectivity index (χ2n) is 5.17. The highest BCUT2D eigenvalue weighted by Gasteiger charge is 2.43. The summed E-state index contributed by atoms with van der Waals surface area (Å²) in [5.41, 5.74) is 0. The van der Waals surface area contributed by atoms with Crippen LogP contribution in [-0.4, -0.2) is 27.6 Å². The zero-order valence-corrected chi connectivity index (χ0v) is 10.6. The first kappa shape index (κ1) is 11.4. The van der Waals surface area contributed by atoms with Gasteiger partial charge in [-0.05, 0) is 33.6 Å². The average Bonchev–Trinajstić information content (AvgIpc) is 2.24. The third kappa shape index (κ3) is 2.21. The van der Waals surface area contributed by atoms with E-state index in [9.17, 15) is 0 Å². The van der Waals surface area contributed by atoms with Crippen molar-refractivity contribution in [1.29, 1.82) is 0 Å². The molecule has 0 aromatic heterocycles. The zero-order chi connectivity index (χ0) is 10.2. The predicted octanol–water partition coefficient (Wildman–Crippen LogP) is 3.20. The van der Waals surface area contributed by atoms with Crippen LogP contribution >= 0.6 is 11.8 Å². The topological polar surface area (TPSA) is 3.24 Å². The predicted molar refractivity (Wildman–Crippen MR) is 62.1 cm³/mol. The molecule has 0 saturated carbocycles. The minimum atomic E-state index is 0.429. The highest BCUT2D eigenvalue weighted by atomic mass is 32.2. The van der Waals surface area contributed by atoms with Gasteiger partial charge in [-0.25, -0.2) is 0 Å². The third-order valence-electron chi connectivity index (χ3n) is 2.95. The lowest BCUT2D eigenvalue weighted by Gasteiger charge is -2.36. The van der Waals surface area contributed by atoms with Gasteiger partial charge in [-0.3, -0.25) is 4.90 Å². The molecule has 0 bridgehead atoms. The minimum Gasteiger partial charge on any atom is -0.287 e. The van der Waals surface area contributed by atoms with E-state index in [1.807, 2.05) is 0 Å². The lowest BCUT2D eigenvalue weighted by Crippen LogP contribution is -2.46. The van der Waals surface area contributed by atoms with E-state index in [0.717, 1.165) is 12.0 Å². The molecular formula is C11H23NS. The summed E-state index contributed by atoms with van der Waals surface area (Å²) in [5.74, 6) is 1.96. The van der Waals surface area contributed by atoms with E-state index in [-0.39, 0.29) is 0 Å². The normalized spacial score (nSPS) is 29.1. The van der Waals surface area contributed by atoms with Crippen molar-refractivity contribution in [1.82, 2.24) is 4.90 Å². The first-order chi connectivity index (χ1) is 5.86. The van der Waals surface area contributed by atoms with Crippen LogP contribution in [0, 0.1) is 5.92 Å². The number of hydrogen-bond acceptors (Lipinski definition) is 2. The maximum atomic E-state index is 2.63. The fourth-order valence-electron chi connectivity index (χ4n) is 2.46. The Labute approximate surface area is 87.3 Å². The fraction of sp³-hybridized carbons (Fsp3) is 1.00. The largest absolute Gasteiger partial charge is 0.287 e. The number of hydrogen-bond donors (Lipinski definition) is 0. The van der Waals surface area contributed by atoms with Gasteiger partial charge < -0.3 is 0 Å². The molecular weight excluding hydrogens is 178 g/mol. The zero-order valence-electron chi connectivity index (χ0n) is 9.79. The molecule has 1 aliphatic rings. The molecule has 1 aliphatic heterocycles. The summed E-state index contributed by atoms with van der Waals surface area (Å²) in [6.45, 7) is 14.0. The van der Waals surface area contributed by atoms with Gasteiger partial charge >= 0.3 is 0 Å². The van der Waals surface area contributed by atoms with Crippen LogP contribution in [0.2, 0.25) is 0 Å². The van der Waals surface area contributed by atoms with Crippen molar-refractivity contribution in [3.8, 4) is 0 Å². The van der Waals surface area contributed by atoms with E-state index in [0.29, 0.717) is 10.8 Å². The van der Waals surface area contributed by atoms with Crippen molar-refractivity contribution in [2.45, 2.75) is 58.4 Å². The molecule has 1 atom stereocenters. The van der Waals surface area contributed by atoms with E-state index < -0.39 is 0 Å². The first-order valence-electron chi connectivity index (χ1n) is 5.26. The molecule has 0 aromatic rings. The minimum absolute atomic E-state index is 0.429. The standard InChI is InChI=1S/C11H23NS/c1-8(2)10-11(5,6)13-7-12(10)9(3)4/h8-10H,7H2,1-6H3.